The number of aliphatic hydroxyl groups excluding tert-OH is 1. The first-order valence-corrected chi connectivity index (χ1v) is 5.24. The van der Waals surface area contributed by atoms with E-state index in [1.807, 2.05) is 26.0 Å². The van der Waals surface area contributed by atoms with Gasteiger partial charge in [-0.25, -0.2) is 0 Å². The number of fused-ring (bicyclic) bond motifs is 1. The molecule has 4 heteroatoms. The molecule has 0 spiro atoms. The minimum Gasteiger partial charge on any atom is -0.395 e. The van der Waals surface area contributed by atoms with Gasteiger partial charge in [0.15, 0.2) is 0 Å². The van der Waals surface area contributed by atoms with Crippen LogP contribution in [0.4, 0.5) is 0 Å². The Morgan fingerprint density at radius 3 is 2.93 bits per heavy atom. The van der Waals surface area contributed by atoms with Crippen LogP contribution in [0.5, 0.6) is 0 Å². The summed E-state index contributed by atoms with van der Waals surface area (Å²) < 4.78 is 4.95. The van der Waals surface area contributed by atoms with Gasteiger partial charge >= 0.3 is 0 Å². The summed E-state index contributed by atoms with van der Waals surface area (Å²) in [6, 6.07) is 6.00. The van der Waals surface area contributed by atoms with Crippen LogP contribution < -0.4 is 0 Å². The van der Waals surface area contributed by atoms with E-state index in [2.05, 4.69) is 15.7 Å². The summed E-state index contributed by atoms with van der Waals surface area (Å²) in [7, 11) is 0. The van der Waals surface area contributed by atoms with Crippen molar-refractivity contribution in [1.29, 1.82) is 0 Å². The molecule has 3 nitrogen and oxygen atoms in total. The van der Waals surface area contributed by atoms with Crippen molar-refractivity contribution >= 4 is 21.7 Å². The Bertz CT molecular complexity index is 450. The molecule has 0 aliphatic heterocycles. The molecule has 0 saturated heterocycles. The largest absolute Gasteiger partial charge is 0.395 e. The minimum atomic E-state index is -0.196. The summed E-state index contributed by atoms with van der Waals surface area (Å²) in [4.78, 5) is 0. The van der Waals surface area contributed by atoms with Crippen LogP contribution in [0.15, 0.2) is 18.2 Å². The fraction of sp³-hybridized carbons (Fsp3) is 0.400. The predicted octanol–water partition coefficient (Wildman–Crippen LogP) is 1.96. The summed E-state index contributed by atoms with van der Waals surface area (Å²) in [5.41, 5.74) is 1.85. The van der Waals surface area contributed by atoms with E-state index in [9.17, 15) is 5.11 Å². The van der Waals surface area contributed by atoms with E-state index in [4.69, 9.17) is 0 Å². The van der Waals surface area contributed by atoms with Gasteiger partial charge in [0.1, 0.15) is 5.52 Å². The zero-order chi connectivity index (χ0) is 10.2. The molecular formula is C10H12N2OS. The van der Waals surface area contributed by atoms with Crippen LogP contribution in [0.25, 0.3) is 10.2 Å². The Labute approximate surface area is 86.6 Å². The lowest BCUT2D eigenvalue weighted by Gasteiger charge is -2.21. The van der Waals surface area contributed by atoms with Crippen LogP contribution >= 0.6 is 11.5 Å². The molecule has 2 aromatic rings. The zero-order valence-corrected chi connectivity index (χ0v) is 9.01. The fourth-order valence-electron chi connectivity index (χ4n) is 1.29. The summed E-state index contributed by atoms with van der Waals surface area (Å²) >= 11 is 1.39. The van der Waals surface area contributed by atoms with E-state index in [1.54, 1.807) is 0 Å². The molecule has 0 bridgehead atoms. The monoisotopic (exact) mass is 208 g/mol. The van der Waals surface area contributed by atoms with Gasteiger partial charge in [-0.2, -0.15) is 0 Å². The zero-order valence-electron chi connectivity index (χ0n) is 8.19. The maximum Gasteiger partial charge on any atom is 0.105 e. The number of hydrogen-bond donors (Lipinski definition) is 1. The number of aliphatic hydroxyl groups is 1. The third-order valence-corrected chi connectivity index (χ3v) is 3.11. The SMILES string of the molecule is CC(C)(CO)c1ccc2nnsc2c1. The molecule has 0 saturated carbocycles. The van der Waals surface area contributed by atoms with Crippen LogP contribution in [0, 0.1) is 0 Å². The molecule has 74 valence electrons. The fourth-order valence-corrected chi connectivity index (χ4v) is 1.89. The lowest BCUT2D eigenvalue weighted by Crippen LogP contribution is -2.21. The van der Waals surface area contributed by atoms with Crippen LogP contribution in [-0.4, -0.2) is 21.3 Å². The standard InChI is InChI=1S/C10H12N2OS/c1-10(2,6-13)7-3-4-8-9(5-7)14-12-11-8/h3-5,13H,6H2,1-2H3. The third-order valence-electron chi connectivity index (χ3n) is 2.42. The highest BCUT2D eigenvalue weighted by Gasteiger charge is 2.19. The molecule has 1 aromatic heterocycles. The second-order valence-corrected chi connectivity index (χ2v) is 4.78. The van der Waals surface area contributed by atoms with Gasteiger partial charge in [0.05, 0.1) is 11.3 Å². The Kier molecular flexibility index (Phi) is 2.25. The first-order valence-electron chi connectivity index (χ1n) is 4.47. The summed E-state index contributed by atoms with van der Waals surface area (Å²) in [6.07, 6.45) is 0. The third kappa shape index (κ3) is 1.51. The first kappa shape index (κ1) is 9.55. The van der Waals surface area contributed by atoms with E-state index in [-0.39, 0.29) is 12.0 Å². The molecule has 0 radical (unpaired) electrons. The first-order chi connectivity index (χ1) is 6.63. The highest BCUT2D eigenvalue weighted by atomic mass is 32.1. The second kappa shape index (κ2) is 3.29. The van der Waals surface area contributed by atoms with Crippen LogP contribution in [-0.2, 0) is 5.41 Å². The summed E-state index contributed by atoms with van der Waals surface area (Å²) in [6.45, 7) is 4.18. The molecule has 14 heavy (non-hydrogen) atoms. The van der Waals surface area contributed by atoms with Gasteiger partial charge in [-0.3, -0.25) is 0 Å². The molecule has 0 atom stereocenters. The molecule has 0 unspecified atom stereocenters. The topological polar surface area (TPSA) is 46.0 Å². The summed E-state index contributed by atoms with van der Waals surface area (Å²) in [5, 5.41) is 13.2. The van der Waals surface area contributed by atoms with Crippen molar-refractivity contribution in [1.82, 2.24) is 9.59 Å². The van der Waals surface area contributed by atoms with E-state index >= 15 is 0 Å². The maximum atomic E-state index is 9.24. The van der Waals surface area contributed by atoms with Crippen molar-refractivity contribution in [2.75, 3.05) is 6.61 Å². The molecule has 0 amide bonds. The van der Waals surface area contributed by atoms with E-state index < -0.39 is 0 Å². The minimum absolute atomic E-state index is 0.144. The van der Waals surface area contributed by atoms with E-state index in [1.165, 1.54) is 11.5 Å². The van der Waals surface area contributed by atoms with Gasteiger partial charge in [-0.1, -0.05) is 24.4 Å². The Hall–Kier alpha value is -1.00. The maximum absolute atomic E-state index is 9.24. The van der Waals surface area contributed by atoms with Gasteiger partial charge in [0, 0.05) is 5.41 Å². The van der Waals surface area contributed by atoms with Crippen LogP contribution in [0.2, 0.25) is 0 Å². The Morgan fingerprint density at radius 1 is 1.43 bits per heavy atom. The van der Waals surface area contributed by atoms with Gasteiger partial charge in [0.25, 0.3) is 0 Å². The average Bonchev–Trinajstić information content (AvgIpc) is 2.64. The average molecular weight is 208 g/mol. The van der Waals surface area contributed by atoms with Gasteiger partial charge in [-0.15, -0.1) is 5.10 Å². The van der Waals surface area contributed by atoms with E-state index in [0.29, 0.717) is 0 Å². The highest BCUT2D eigenvalue weighted by molar-refractivity contribution is 7.12. The number of aromatic nitrogens is 2. The van der Waals surface area contributed by atoms with Crippen molar-refractivity contribution in [3.8, 4) is 0 Å². The van der Waals surface area contributed by atoms with Crippen molar-refractivity contribution in [2.24, 2.45) is 0 Å². The van der Waals surface area contributed by atoms with Crippen LogP contribution in [0.1, 0.15) is 19.4 Å². The number of rotatable bonds is 2. The van der Waals surface area contributed by atoms with Gasteiger partial charge in [-0.05, 0) is 29.2 Å². The van der Waals surface area contributed by atoms with Gasteiger partial charge < -0.3 is 5.11 Å². The Balaban J connectivity index is 2.53. The molecular weight excluding hydrogens is 196 g/mol. The molecule has 0 aliphatic rings. The van der Waals surface area contributed by atoms with Crippen molar-refractivity contribution in [3.63, 3.8) is 0 Å². The molecule has 0 aliphatic carbocycles. The summed E-state index contributed by atoms with van der Waals surface area (Å²) in [5.74, 6) is 0. The van der Waals surface area contributed by atoms with Crippen molar-refractivity contribution in [3.05, 3.63) is 23.8 Å². The lowest BCUT2D eigenvalue weighted by atomic mass is 9.86. The van der Waals surface area contributed by atoms with Crippen molar-refractivity contribution in [2.45, 2.75) is 19.3 Å². The lowest BCUT2D eigenvalue weighted by molar-refractivity contribution is 0.218. The van der Waals surface area contributed by atoms with E-state index in [0.717, 1.165) is 15.8 Å². The quantitative estimate of drug-likeness (QED) is 0.820. The molecule has 2 rings (SSSR count). The normalized spacial score (nSPS) is 12.2. The second-order valence-electron chi connectivity index (χ2n) is 4.00. The molecule has 1 heterocycles. The number of nitrogens with zero attached hydrogens (tertiary/aromatic N) is 2. The predicted molar refractivity (Wildman–Crippen MR) is 57.5 cm³/mol. The number of hydrogen-bond acceptors (Lipinski definition) is 4. The molecule has 0 fully saturated rings. The number of benzene rings is 1. The smallest absolute Gasteiger partial charge is 0.105 e. The van der Waals surface area contributed by atoms with Crippen LogP contribution in [0.3, 0.4) is 0 Å². The van der Waals surface area contributed by atoms with Crippen molar-refractivity contribution < 1.29 is 5.11 Å². The Morgan fingerprint density at radius 2 is 2.21 bits per heavy atom. The molecule has 1 aromatic carbocycles. The van der Waals surface area contributed by atoms with Gasteiger partial charge in [0.2, 0.25) is 0 Å². The molecule has 1 N–H and O–H groups in total. The highest BCUT2D eigenvalue weighted by Crippen LogP contribution is 2.26.